The summed E-state index contributed by atoms with van der Waals surface area (Å²) in [6.45, 7) is 0.373. The number of rotatable bonds is 4. The lowest BCUT2D eigenvalue weighted by atomic mass is 10.2. The van der Waals surface area contributed by atoms with Crippen LogP contribution >= 0.6 is 23.2 Å². The van der Waals surface area contributed by atoms with Gasteiger partial charge < -0.3 is 4.84 Å². The van der Waals surface area contributed by atoms with Gasteiger partial charge in [0.15, 0.2) is 5.82 Å². The molecular weight excluding hydrogens is 355 g/mol. The molecule has 1 aromatic heterocycles. The molecular formula is C20H14Cl2N2O. The topological polar surface area (TPSA) is 27.1 Å². The molecule has 0 radical (unpaired) electrons. The van der Waals surface area contributed by atoms with Crippen LogP contribution in [-0.2, 0) is 6.61 Å². The maximum absolute atomic E-state index is 6.17. The van der Waals surface area contributed by atoms with E-state index < -0.39 is 0 Å². The molecule has 1 heterocycles. The molecule has 3 nitrogen and oxygen atoms in total. The number of hydrogen-bond acceptors (Lipinski definition) is 2. The van der Waals surface area contributed by atoms with Crippen LogP contribution in [0, 0.1) is 0 Å². The van der Waals surface area contributed by atoms with Crippen LogP contribution in [0.3, 0.4) is 0 Å². The summed E-state index contributed by atoms with van der Waals surface area (Å²) in [5, 5.41) is 1.32. The molecule has 0 unspecified atom stereocenters. The van der Waals surface area contributed by atoms with Gasteiger partial charge in [0.1, 0.15) is 12.1 Å². The highest BCUT2D eigenvalue weighted by Crippen LogP contribution is 2.26. The van der Waals surface area contributed by atoms with Gasteiger partial charge in [-0.15, -0.1) is 0 Å². The molecule has 4 rings (SSSR count). The molecule has 0 aliphatic heterocycles. The molecule has 4 aromatic rings. The van der Waals surface area contributed by atoms with Gasteiger partial charge in [-0.3, -0.25) is 0 Å². The molecule has 0 saturated carbocycles. The van der Waals surface area contributed by atoms with Crippen molar-refractivity contribution in [2.75, 3.05) is 0 Å². The molecule has 0 spiro atoms. The number of hydrogen-bond donors (Lipinski definition) is 0. The first-order valence-corrected chi connectivity index (χ1v) is 8.57. The maximum Gasteiger partial charge on any atom is 0.176 e. The largest absolute Gasteiger partial charge is 0.407 e. The van der Waals surface area contributed by atoms with Gasteiger partial charge >= 0.3 is 0 Å². The van der Waals surface area contributed by atoms with Gasteiger partial charge in [0.2, 0.25) is 0 Å². The molecule has 3 aromatic carbocycles. The Morgan fingerprint density at radius 2 is 1.64 bits per heavy atom. The minimum Gasteiger partial charge on any atom is -0.407 e. The predicted octanol–water partition coefficient (Wildman–Crippen LogP) is 5.64. The van der Waals surface area contributed by atoms with E-state index in [0.717, 1.165) is 28.0 Å². The lowest BCUT2D eigenvalue weighted by Crippen LogP contribution is -2.12. The maximum atomic E-state index is 6.17. The van der Waals surface area contributed by atoms with E-state index in [-0.39, 0.29) is 0 Å². The fourth-order valence-electron chi connectivity index (χ4n) is 2.69. The molecule has 25 heavy (non-hydrogen) atoms. The third-order valence-corrected chi connectivity index (χ3v) is 4.33. The quantitative estimate of drug-likeness (QED) is 0.466. The molecule has 124 valence electrons. The molecule has 0 atom stereocenters. The van der Waals surface area contributed by atoms with Gasteiger partial charge in [-0.2, -0.15) is 4.73 Å². The lowest BCUT2D eigenvalue weighted by Gasteiger charge is -2.11. The third kappa shape index (κ3) is 3.34. The average molecular weight is 369 g/mol. The summed E-state index contributed by atoms with van der Waals surface area (Å²) in [5.41, 5.74) is 3.61. The van der Waals surface area contributed by atoms with Crippen molar-refractivity contribution >= 4 is 34.2 Å². The number of fused-ring (bicyclic) bond motifs is 1. The van der Waals surface area contributed by atoms with Crippen LogP contribution in [0.5, 0.6) is 0 Å². The summed E-state index contributed by atoms with van der Waals surface area (Å²) >= 11 is 12.2. The Labute approximate surface area is 155 Å². The van der Waals surface area contributed by atoms with Crippen LogP contribution in [0.1, 0.15) is 5.56 Å². The van der Waals surface area contributed by atoms with E-state index in [1.54, 1.807) is 4.73 Å². The summed E-state index contributed by atoms with van der Waals surface area (Å²) in [4.78, 5) is 10.8. The van der Waals surface area contributed by atoms with E-state index in [4.69, 9.17) is 33.0 Å². The zero-order valence-electron chi connectivity index (χ0n) is 13.2. The first kappa shape index (κ1) is 16.0. The van der Waals surface area contributed by atoms with Crippen molar-refractivity contribution in [3.63, 3.8) is 0 Å². The highest BCUT2D eigenvalue weighted by molar-refractivity contribution is 6.31. The van der Waals surface area contributed by atoms with Crippen LogP contribution in [0.4, 0.5) is 0 Å². The Kier molecular flexibility index (Phi) is 4.35. The monoisotopic (exact) mass is 368 g/mol. The number of imidazole rings is 1. The van der Waals surface area contributed by atoms with Crippen LogP contribution in [0.2, 0.25) is 10.0 Å². The Bertz CT molecular complexity index is 1030. The lowest BCUT2D eigenvalue weighted by molar-refractivity contribution is 0.110. The average Bonchev–Trinajstić information content (AvgIpc) is 2.98. The fraction of sp³-hybridized carbons (Fsp3) is 0.0500. The van der Waals surface area contributed by atoms with Crippen molar-refractivity contribution in [3.05, 3.63) is 88.4 Å². The summed E-state index contributed by atoms with van der Waals surface area (Å²) in [6, 6.07) is 23.1. The molecule has 0 N–H and O–H groups in total. The minimum atomic E-state index is 0.373. The summed E-state index contributed by atoms with van der Waals surface area (Å²) in [5.74, 6) is 0.736. The number of aromatic nitrogens is 2. The molecule has 0 saturated heterocycles. The van der Waals surface area contributed by atoms with Gasteiger partial charge in [-0.1, -0.05) is 65.7 Å². The fourth-order valence-corrected chi connectivity index (χ4v) is 3.07. The van der Waals surface area contributed by atoms with E-state index in [9.17, 15) is 0 Å². The molecule has 0 fully saturated rings. The van der Waals surface area contributed by atoms with E-state index >= 15 is 0 Å². The second-order valence-electron chi connectivity index (χ2n) is 5.63. The predicted molar refractivity (Wildman–Crippen MR) is 102 cm³/mol. The zero-order valence-corrected chi connectivity index (χ0v) is 14.7. The Balaban J connectivity index is 1.78. The van der Waals surface area contributed by atoms with Gasteiger partial charge in [0, 0.05) is 15.6 Å². The number of halogens is 2. The molecule has 0 bridgehead atoms. The highest BCUT2D eigenvalue weighted by Gasteiger charge is 2.14. The number of benzene rings is 3. The van der Waals surface area contributed by atoms with E-state index in [2.05, 4.69) is 0 Å². The van der Waals surface area contributed by atoms with Crippen LogP contribution < -0.4 is 4.84 Å². The van der Waals surface area contributed by atoms with Gasteiger partial charge in [0.25, 0.3) is 0 Å². The van der Waals surface area contributed by atoms with Crippen LogP contribution in [0.15, 0.2) is 72.8 Å². The van der Waals surface area contributed by atoms with Gasteiger partial charge in [0.05, 0.1) is 5.52 Å². The van der Waals surface area contributed by atoms with Gasteiger partial charge in [-0.05, 0) is 35.9 Å². The van der Waals surface area contributed by atoms with Crippen molar-refractivity contribution in [1.82, 2.24) is 9.71 Å². The van der Waals surface area contributed by atoms with Crippen molar-refractivity contribution in [1.29, 1.82) is 0 Å². The second kappa shape index (κ2) is 6.79. The SMILES string of the molecule is Clc1cccc(COn2c(-c3ccccc3)nc3ccc(Cl)cc32)c1. The Morgan fingerprint density at radius 1 is 0.840 bits per heavy atom. The first-order valence-electron chi connectivity index (χ1n) is 7.82. The molecule has 5 heteroatoms. The second-order valence-corrected chi connectivity index (χ2v) is 6.51. The molecule has 0 amide bonds. The van der Waals surface area contributed by atoms with Gasteiger partial charge in [-0.25, -0.2) is 4.98 Å². The summed E-state index contributed by atoms with van der Waals surface area (Å²) in [7, 11) is 0. The van der Waals surface area contributed by atoms with E-state index in [1.165, 1.54) is 0 Å². The standard InChI is InChI=1S/C20H14Cl2N2O/c21-16-8-4-5-14(11-16)13-25-24-19-12-17(22)9-10-18(19)23-20(24)15-6-2-1-3-7-15/h1-12H,13H2. The first-order chi connectivity index (χ1) is 12.2. The summed E-state index contributed by atoms with van der Waals surface area (Å²) < 4.78 is 1.73. The van der Waals surface area contributed by atoms with E-state index in [0.29, 0.717) is 16.7 Å². The highest BCUT2D eigenvalue weighted by atomic mass is 35.5. The van der Waals surface area contributed by atoms with Crippen molar-refractivity contribution in [2.24, 2.45) is 0 Å². The van der Waals surface area contributed by atoms with E-state index in [1.807, 2.05) is 72.8 Å². The third-order valence-electron chi connectivity index (χ3n) is 3.86. The Hall–Kier alpha value is -2.49. The minimum absolute atomic E-state index is 0.373. The smallest absolute Gasteiger partial charge is 0.176 e. The zero-order chi connectivity index (χ0) is 17.2. The molecule has 0 aliphatic carbocycles. The Morgan fingerprint density at radius 3 is 2.44 bits per heavy atom. The normalized spacial score (nSPS) is 11.0. The van der Waals surface area contributed by atoms with Crippen LogP contribution in [0.25, 0.3) is 22.4 Å². The van der Waals surface area contributed by atoms with Crippen molar-refractivity contribution in [2.45, 2.75) is 6.61 Å². The molecule has 0 aliphatic rings. The van der Waals surface area contributed by atoms with Crippen LogP contribution in [-0.4, -0.2) is 9.71 Å². The van der Waals surface area contributed by atoms with Crippen molar-refractivity contribution < 1.29 is 4.84 Å². The summed E-state index contributed by atoms with van der Waals surface area (Å²) in [6.07, 6.45) is 0. The number of nitrogens with zero attached hydrogens (tertiary/aromatic N) is 2. The van der Waals surface area contributed by atoms with Crippen molar-refractivity contribution in [3.8, 4) is 11.4 Å².